The number of nitrogens with one attached hydrogen (secondary N) is 3. The molecule has 2 rings (SSSR count). The van der Waals surface area contributed by atoms with Crippen molar-refractivity contribution in [3.8, 4) is 0 Å². The zero-order valence-electron chi connectivity index (χ0n) is 16.6. The summed E-state index contributed by atoms with van der Waals surface area (Å²) in [6, 6.07) is 7.68. The Morgan fingerprint density at radius 1 is 1.30 bits per heavy atom. The lowest BCUT2D eigenvalue weighted by atomic mass is 9.94. The number of carbonyl (C=O) groups is 1. The molecule has 0 aliphatic carbocycles. The molecule has 7 nitrogen and oxygen atoms in total. The molecule has 0 saturated carbocycles. The molecule has 0 radical (unpaired) electrons. The zero-order valence-corrected chi connectivity index (χ0v) is 16.6. The van der Waals surface area contributed by atoms with E-state index in [4.69, 9.17) is 14.5 Å². The molecule has 0 spiro atoms. The maximum Gasteiger partial charge on any atom is 0.251 e. The van der Waals surface area contributed by atoms with E-state index in [1.807, 2.05) is 31.2 Å². The van der Waals surface area contributed by atoms with E-state index in [1.165, 1.54) is 0 Å². The second-order valence-corrected chi connectivity index (χ2v) is 6.65. The summed E-state index contributed by atoms with van der Waals surface area (Å²) in [5.41, 5.74) is 1.55. The molecule has 1 heterocycles. The first-order valence-corrected chi connectivity index (χ1v) is 9.58. The fourth-order valence-corrected chi connectivity index (χ4v) is 3.07. The number of benzene rings is 1. The first-order valence-electron chi connectivity index (χ1n) is 9.58. The quantitative estimate of drug-likeness (QED) is 0.471. The third kappa shape index (κ3) is 6.52. The molecule has 1 aromatic carbocycles. The Bertz CT molecular complexity index is 627. The van der Waals surface area contributed by atoms with Crippen LogP contribution < -0.4 is 16.0 Å². The number of hydrogen-bond donors (Lipinski definition) is 3. The van der Waals surface area contributed by atoms with Gasteiger partial charge in [0.25, 0.3) is 5.91 Å². The first kappa shape index (κ1) is 21.2. The van der Waals surface area contributed by atoms with Gasteiger partial charge in [-0.1, -0.05) is 12.1 Å². The van der Waals surface area contributed by atoms with Crippen LogP contribution in [0.2, 0.25) is 0 Å². The number of nitrogens with zero attached hydrogens (tertiary/aromatic N) is 1. The van der Waals surface area contributed by atoms with Crippen LogP contribution in [0, 0.1) is 0 Å². The highest BCUT2D eigenvalue weighted by atomic mass is 16.5. The Labute approximate surface area is 161 Å². The van der Waals surface area contributed by atoms with Crippen LogP contribution in [0.25, 0.3) is 0 Å². The Morgan fingerprint density at radius 2 is 2.07 bits per heavy atom. The van der Waals surface area contributed by atoms with E-state index < -0.39 is 0 Å². The van der Waals surface area contributed by atoms with Crippen LogP contribution in [0.3, 0.4) is 0 Å². The number of hydrogen-bond acceptors (Lipinski definition) is 4. The molecule has 150 valence electrons. The summed E-state index contributed by atoms with van der Waals surface area (Å²) in [5.74, 6) is 0.712. The lowest BCUT2D eigenvalue weighted by Gasteiger charge is -2.34. The Kier molecular flexibility index (Phi) is 8.54. The van der Waals surface area contributed by atoms with E-state index in [-0.39, 0.29) is 11.5 Å². The summed E-state index contributed by atoms with van der Waals surface area (Å²) in [6.45, 7) is 5.61. The molecular formula is C20H32N4O3. The third-order valence-electron chi connectivity index (χ3n) is 4.83. The van der Waals surface area contributed by atoms with Gasteiger partial charge in [0.15, 0.2) is 5.96 Å². The minimum atomic E-state index is -0.234. The number of amides is 1. The van der Waals surface area contributed by atoms with Crippen molar-refractivity contribution in [1.29, 1.82) is 0 Å². The topological polar surface area (TPSA) is 84.0 Å². The normalized spacial score (nSPS) is 16.6. The average Bonchev–Trinajstić information content (AvgIpc) is 2.72. The van der Waals surface area contributed by atoms with Gasteiger partial charge in [0.05, 0.1) is 12.1 Å². The standard InChI is InChI=1S/C20H32N4O3/c1-4-22-19(24-15-20(26-3)9-12-27-13-10-20)23-11-8-16-6-5-7-17(14-16)18(25)21-2/h5-7,14H,4,8-13,15H2,1-3H3,(H,21,25)(H2,22,23,24). The van der Waals surface area contributed by atoms with E-state index in [2.05, 4.69) is 16.0 Å². The summed E-state index contributed by atoms with van der Waals surface area (Å²) >= 11 is 0. The molecular weight excluding hydrogens is 344 g/mol. The van der Waals surface area contributed by atoms with Crippen molar-refractivity contribution in [3.63, 3.8) is 0 Å². The van der Waals surface area contributed by atoms with Gasteiger partial charge < -0.3 is 25.4 Å². The summed E-state index contributed by atoms with van der Waals surface area (Å²) in [4.78, 5) is 16.5. The lowest BCUT2D eigenvalue weighted by molar-refractivity contribution is -0.0828. The summed E-state index contributed by atoms with van der Waals surface area (Å²) in [5, 5.41) is 9.29. The van der Waals surface area contributed by atoms with Gasteiger partial charge in [-0.15, -0.1) is 0 Å². The average molecular weight is 377 g/mol. The van der Waals surface area contributed by atoms with Gasteiger partial charge in [-0.2, -0.15) is 0 Å². The third-order valence-corrected chi connectivity index (χ3v) is 4.83. The lowest BCUT2D eigenvalue weighted by Crippen LogP contribution is -2.44. The minimum Gasteiger partial charge on any atom is -0.381 e. The maximum absolute atomic E-state index is 11.8. The summed E-state index contributed by atoms with van der Waals surface area (Å²) in [7, 11) is 3.39. The highest BCUT2D eigenvalue weighted by Gasteiger charge is 2.32. The molecule has 3 N–H and O–H groups in total. The number of aliphatic imine (C=N–C) groups is 1. The molecule has 7 heteroatoms. The first-order chi connectivity index (χ1) is 13.1. The number of guanidine groups is 1. The molecule has 1 amide bonds. The van der Waals surface area contributed by atoms with Crippen molar-refractivity contribution in [2.75, 3.05) is 47.0 Å². The smallest absolute Gasteiger partial charge is 0.251 e. The Hall–Kier alpha value is -2.12. The molecule has 0 atom stereocenters. The largest absolute Gasteiger partial charge is 0.381 e. The predicted molar refractivity (Wildman–Crippen MR) is 107 cm³/mol. The highest BCUT2D eigenvalue weighted by Crippen LogP contribution is 2.24. The monoisotopic (exact) mass is 376 g/mol. The summed E-state index contributed by atoms with van der Waals surface area (Å²) < 4.78 is 11.2. The molecule has 1 saturated heterocycles. The van der Waals surface area contributed by atoms with Gasteiger partial charge in [0, 0.05) is 58.9 Å². The van der Waals surface area contributed by atoms with Gasteiger partial charge >= 0.3 is 0 Å². The molecule has 1 aliphatic heterocycles. The fraction of sp³-hybridized carbons (Fsp3) is 0.600. The fourth-order valence-electron chi connectivity index (χ4n) is 3.07. The van der Waals surface area contributed by atoms with Crippen LogP contribution in [0.4, 0.5) is 0 Å². The molecule has 1 aliphatic rings. The van der Waals surface area contributed by atoms with Gasteiger partial charge in [-0.25, -0.2) is 0 Å². The maximum atomic E-state index is 11.8. The molecule has 0 unspecified atom stereocenters. The number of ether oxygens (including phenoxy) is 2. The zero-order chi connectivity index (χ0) is 19.5. The SMILES string of the molecule is CCNC(=NCC1(OC)CCOCC1)NCCc1cccc(C(=O)NC)c1. The summed E-state index contributed by atoms with van der Waals surface area (Å²) in [6.07, 6.45) is 2.52. The van der Waals surface area contributed by atoms with Crippen LogP contribution in [-0.2, 0) is 15.9 Å². The number of methoxy groups -OCH3 is 1. The van der Waals surface area contributed by atoms with Crippen molar-refractivity contribution in [2.45, 2.75) is 31.8 Å². The van der Waals surface area contributed by atoms with Crippen LogP contribution >= 0.6 is 0 Å². The van der Waals surface area contributed by atoms with Gasteiger partial charge in [0.1, 0.15) is 0 Å². The van der Waals surface area contributed by atoms with E-state index in [0.717, 1.165) is 57.1 Å². The number of rotatable bonds is 8. The molecule has 0 bridgehead atoms. The Balaban J connectivity index is 1.91. The van der Waals surface area contributed by atoms with Gasteiger partial charge in [-0.05, 0) is 31.0 Å². The second kappa shape index (κ2) is 10.9. The molecule has 1 aromatic rings. The Morgan fingerprint density at radius 3 is 2.74 bits per heavy atom. The van der Waals surface area contributed by atoms with Crippen LogP contribution in [-0.4, -0.2) is 64.5 Å². The van der Waals surface area contributed by atoms with Crippen molar-refractivity contribution in [1.82, 2.24) is 16.0 Å². The number of carbonyl (C=O) groups excluding carboxylic acids is 1. The van der Waals surface area contributed by atoms with Crippen LogP contribution in [0.15, 0.2) is 29.3 Å². The van der Waals surface area contributed by atoms with E-state index in [0.29, 0.717) is 12.1 Å². The van der Waals surface area contributed by atoms with Crippen LogP contribution in [0.1, 0.15) is 35.7 Å². The van der Waals surface area contributed by atoms with E-state index in [9.17, 15) is 4.79 Å². The minimum absolute atomic E-state index is 0.0685. The van der Waals surface area contributed by atoms with E-state index in [1.54, 1.807) is 14.2 Å². The predicted octanol–water partition coefficient (Wildman–Crippen LogP) is 1.34. The van der Waals surface area contributed by atoms with Crippen molar-refractivity contribution >= 4 is 11.9 Å². The molecule has 0 aromatic heterocycles. The van der Waals surface area contributed by atoms with Crippen molar-refractivity contribution in [2.24, 2.45) is 4.99 Å². The highest BCUT2D eigenvalue weighted by molar-refractivity contribution is 5.94. The second-order valence-electron chi connectivity index (χ2n) is 6.65. The van der Waals surface area contributed by atoms with Crippen LogP contribution in [0.5, 0.6) is 0 Å². The van der Waals surface area contributed by atoms with Crippen molar-refractivity contribution in [3.05, 3.63) is 35.4 Å². The van der Waals surface area contributed by atoms with Gasteiger partial charge in [-0.3, -0.25) is 9.79 Å². The van der Waals surface area contributed by atoms with Crippen molar-refractivity contribution < 1.29 is 14.3 Å². The molecule has 27 heavy (non-hydrogen) atoms. The van der Waals surface area contributed by atoms with E-state index >= 15 is 0 Å². The van der Waals surface area contributed by atoms with Gasteiger partial charge in [0.2, 0.25) is 0 Å². The molecule has 1 fully saturated rings.